The highest BCUT2D eigenvalue weighted by Crippen LogP contribution is 2.29. The minimum absolute atomic E-state index is 0.0475. The number of carbonyl (C=O) groups excluding carboxylic acids is 2. The molecule has 4 nitrogen and oxygen atoms in total. The van der Waals surface area contributed by atoms with Crippen LogP contribution in [-0.2, 0) is 20.7 Å². The molecule has 0 bridgehead atoms. The summed E-state index contributed by atoms with van der Waals surface area (Å²) >= 11 is 5.93. The van der Waals surface area contributed by atoms with Gasteiger partial charge in [-0.25, -0.2) is 0 Å². The van der Waals surface area contributed by atoms with Crippen LogP contribution < -0.4 is 4.90 Å². The molecule has 0 saturated heterocycles. The van der Waals surface area contributed by atoms with Gasteiger partial charge in [-0.3, -0.25) is 9.59 Å². The summed E-state index contributed by atoms with van der Waals surface area (Å²) in [5, 5.41) is 0.618. The van der Waals surface area contributed by atoms with E-state index in [1.807, 2.05) is 50.2 Å². The molecule has 1 atom stereocenters. The van der Waals surface area contributed by atoms with Gasteiger partial charge in [0.25, 0.3) is 5.91 Å². The number of halogens is 1. The molecule has 1 aliphatic rings. The fraction of sp³-hybridized carbons (Fsp3) is 0.333. The first-order valence-corrected chi connectivity index (χ1v) is 9.15. The van der Waals surface area contributed by atoms with Crippen molar-refractivity contribution in [3.05, 3.63) is 64.7 Å². The quantitative estimate of drug-likeness (QED) is 0.739. The number of anilines is 1. The first-order valence-electron chi connectivity index (χ1n) is 8.77. The Morgan fingerprint density at radius 1 is 1.12 bits per heavy atom. The summed E-state index contributed by atoms with van der Waals surface area (Å²) in [4.78, 5) is 26.8. The Balaban J connectivity index is 1.65. The average Bonchev–Trinajstić information content (AvgIpc) is 3.05. The molecule has 1 heterocycles. The van der Waals surface area contributed by atoms with E-state index in [4.69, 9.17) is 16.3 Å². The third kappa shape index (κ3) is 3.91. The fourth-order valence-corrected chi connectivity index (χ4v) is 3.49. The Hall–Kier alpha value is -2.33. The number of esters is 1. The number of amides is 1. The average molecular weight is 372 g/mol. The molecule has 0 fully saturated rings. The Kier molecular flexibility index (Phi) is 5.62. The van der Waals surface area contributed by atoms with E-state index >= 15 is 0 Å². The van der Waals surface area contributed by atoms with Crippen molar-refractivity contribution in [2.45, 2.75) is 26.2 Å². The number of benzene rings is 2. The number of para-hydroxylation sites is 1. The summed E-state index contributed by atoms with van der Waals surface area (Å²) in [5.41, 5.74) is 2.90. The molecule has 2 aromatic rings. The van der Waals surface area contributed by atoms with E-state index in [1.54, 1.807) is 17.0 Å². The Labute approximate surface area is 158 Å². The molecule has 2 aromatic carbocycles. The van der Waals surface area contributed by atoms with Gasteiger partial charge in [-0.2, -0.15) is 0 Å². The van der Waals surface area contributed by atoms with Gasteiger partial charge in [-0.15, -0.1) is 0 Å². The van der Waals surface area contributed by atoms with Crippen LogP contribution >= 0.6 is 11.6 Å². The number of hydrogen-bond acceptors (Lipinski definition) is 3. The molecule has 0 N–H and O–H groups in total. The topological polar surface area (TPSA) is 46.6 Å². The number of carbonyl (C=O) groups is 2. The molecule has 0 spiro atoms. The molecule has 0 aliphatic carbocycles. The number of fused-ring (bicyclic) bond motifs is 1. The second kappa shape index (κ2) is 7.92. The maximum Gasteiger partial charge on any atom is 0.314 e. The molecule has 1 aliphatic heterocycles. The lowest BCUT2D eigenvalue weighted by atomic mass is 9.88. The maximum absolute atomic E-state index is 12.6. The lowest BCUT2D eigenvalue weighted by molar-refractivity contribution is -0.150. The molecule has 0 aromatic heterocycles. The van der Waals surface area contributed by atoms with E-state index < -0.39 is 5.92 Å². The lowest BCUT2D eigenvalue weighted by Crippen LogP contribution is -2.34. The van der Waals surface area contributed by atoms with Crippen LogP contribution in [0.15, 0.2) is 48.5 Å². The summed E-state index contributed by atoms with van der Waals surface area (Å²) < 4.78 is 5.38. The molecule has 0 unspecified atom stereocenters. The van der Waals surface area contributed by atoms with Crippen molar-refractivity contribution in [2.75, 3.05) is 18.1 Å². The molecular weight excluding hydrogens is 350 g/mol. The van der Waals surface area contributed by atoms with Gasteiger partial charge in [0.05, 0.1) is 5.92 Å². The van der Waals surface area contributed by atoms with Gasteiger partial charge < -0.3 is 9.64 Å². The lowest BCUT2D eigenvalue weighted by Gasteiger charge is -2.21. The van der Waals surface area contributed by atoms with Crippen LogP contribution in [0.25, 0.3) is 0 Å². The van der Waals surface area contributed by atoms with Gasteiger partial charge in [-0.1, -0.05) is 55.8 Å². The van der Waals surface area contributed by atoms with Gasteiger partial charge in [0, 0.05) is 17.3 Å². The Morgan fingerprint density at radius 2 is 1.81 bits per heavy atom. The predicted molar refractivity (Wildman–Crippen MR) is 102 cm³/mol. The highest BCUT2D eigenvalue weighted by atomic mass is 35.5. The van der Waals surface area contributed by atoms with Gasteiger partial charge in [0.2, 0.25) is 0 Å². The Morgan fingerprint density at radius 3 is 2.50 bits per heavy atom. The molecule has 0 saturated carbocycles. The maximum atomic E-state index is 12.6. The van der Waals surface area contributed by atoms with Crippen molar-refractivity contribution >= 4 is 29.2 Å². The number of rotatable bonds is 5. The van der Waals surface area contributed by atoms with Crippen LogP contribution in [0.3, 0.4) is 0 Å². The number of nitrogens with zero attached hydrogens (tertiary/aromatic N) is 1. The van der Waals surface area contributed by atoms with Crippen molar-refractivity contribution in [2.24, 2.45) is 5.92 Å². The monoisotopic (exact) mass is 371 g/mol. The second-order valence-corrected chi connectivity index (χ2v) is 7.24. The highest BCUT2D eigenvalue weighted by Gasteiger charge is 2.29. The van der Waals surface area contributed by atoms with Crippen LogP contribution in [0.2, 0.25) is 5.02 Å². The molecule has 1 amide bonds. The third-order valence-electron chi connectivity index (χ3n) is 4.68. The van der Waals surface area contributed by atoms with Gasteiger partial charge in [0.15, 0.2) is 6.61 Å². The smallest absolute Gasteiger partial charge is 0.314 e. The van der Waals surface area contributed by atoms with Gasteiger partial charge in [0.1, 0.15) is 0 Å². The van der Waals surface area contributed by atoms with Crippen LogP contribution in [0.1, 0.15) is 30.9 Å². The normalized spacial score (nSPS) is 14.2. The number of ether oxygens (including phenoxy) is 1. The van der Waals surface area contributed by atoms with Crippen molar-refractivity contribution in [1.82, 2.24) is 0 Å². The van der Waals surface area contributed by atoms with Crippen LogP contribution in [0, 0.1) is 5.92 Å². The minimum Gasteiger partial charge on any atom is -0.455 e. The summed E-state index contributed by atoms with van der Waals surface area (Å²) in [5.74, 6) is -0.956. The molecule has 5 heteroatoms. The van der Waals surface area contributed by atoms with Crippen LogP contribution in [0.4, 0.5) is 5.69 Å². The second-order valence-electron chi connectivity index (χ2n) is 6.81. The molecular formula is C21H22ClNO3. The highest BCUT2D eigenvalue weighted by molar-refractivity contribution is 6.30. The fourth-order valence-electron chi connectivity index (χ4n) is 3.36. The summed E-state index contributed by atoms with van der Waals surface area (Å²) in [7, 11) is 0. The van der Waals surface area contributed by atoms with E-state index in [1.165, 1.54) is 0 Å². The zero-order valence-electron chi connectivity index (χ0n) is 14.9. The zero-order chi connectivity index (χ0) is 18.7. The first-order chi connectivity index (χ1) is 12.5. The van der Waals surface area contributed by atoms with Gasteiger partial charge in [-0.05, 0) is 41.7 Å². The SMILES string of the molecule is CC(C)[C@H](C(=O)OCC(=O)N1CCc2ccccc21)c1ccc(Cl)cc1. The van der Waals surface area contributed by atoms with E-state index in [2.05, 4.69) is 0 Å². The first kappa shape index (κ1) is 18.5. The summed E-state index contributed by atoms with van der Waals surface area (Å²) in [6.07, 6.45) is 0.829. The summed E-state index contributed by atoms with van der Waals surface area (Å²) in [6, 6.07) is 15.0. The molecule has 26 heavy (non-hydrogen) atoms. The van der Waals surface area contributed by atoms with E-state index in [-0.39, 0.29) is 24.4 Å². The van der Waals surface area contributed by atoms with Crippen molar-refractivity contribution in [1.29, 1.82) is 0 Å². The zero-order valence-corrected chi connectivity index (χ0v) is 15.7. The summed E-state index contributed by atoms with van der Waals surface area (Å²) in [6.45, 7) is 4.29. The largest absolute Gasteiger partial charge is 0.455 e. The van der Waals surface area contributed by atoms with Gasteiger partial charge >= 0.3 is 5.97 Å². The van der Waals surface area contributed by atoms with Crippen molar-refractivity contribution < 1.29 is 14.3 Å². The van der Waals surface area contributed by atoms with Crippen LogP contribution in [-0.4, -0.2) is 25.0 Å². The Bertz CT molecular complexity index is 801. The minimum atomic E-state index is -0.425. The standard InChI is InChI=1S/C21H22ClNO3/c1-14(2)20(16-7-9-17(22)10-8-16)21(25)26-13-19(24)23-12-11-15-5-3-4-6-18(15)23/h3-10,14,20H,11-13H2,1-2H3/t20-/m0/s1. The van der Waals surface area contributed by atoms with E-state index in [0.29, 0.717) is 11.6 Å². The van der Waals surface area contributed by atoms with Crippen molar-refractivity contribution in [3.8, 4) is 0 Å². The predicted octanol–water partition coefficient (Wildman–Crippen LogP) is 4.21. The van der Waals surface area contributed by atoms with Crippen LogP contribution in [0.5, 0.6) is 0 Å². The van der Waals surface area contributed by atoms with Crippen molar-refractivity contribution in [3.63, 3.8) is 0 Å². The van der Waals surface area contributed by atoms with E-state index in [9.17, 15) is 9.59 Å². The number of hydrogen-bond donors (Lipinski definition) is 0. The third-order valence-corrected chi connectivity index (χ3v) is 4.93. The van der Waals surface area contributed by atoms with E-state index in [0.717, 1.165) is 23.2 Å². The molecule has 0 radical (unpaired) electrons. The molecule has 3 rings (SSSR count). The molecule has 136 valence electrons.